The highest BCUT2D eigenvalue weighted by atomic mass is 79.9. The third kappa shape index (κ3) is 5.02. The molecule has 1 N–H and O–H groups in total. The minimum absolute atomic E-state index is 0.0181. The number of anilines is 1. The van der Waals surface area contributed by atoms with Crippen LogP contribution in [0.3, 0.4) is 0 Å². The number of hydrogen-bond acceptors (Lipinski definition) is 4. The Bertz CT molecular complexity index is 1070. The molecule has 3 aromatic rings. The Morgan fingerprint density at radius 1 is 1.00 bits per heavy atom. The van der Waals surface area contributed by atoms with E-state index in [2.05, 4.69) is 25.6 Å². The van der Waals surface area contributed by atoms with Gasteiger partial charge >= 0.3 is 6.18 Å². The number of ether oxygens (including phenoxy) is 1. The van der Waals surface area contributed by atoms with E-state index in [4.69, 9.17) is 4.74 Å². The van der Waals surface area contributed by atoms with Crippen LogP contribution in [0.4, 0.5) is 18.9 Å². The molecule has 0 aliphatic carbocycles. The third-order valence-corrected chi connectivity index (χ3v) is 5.37. The van der Waals surface area contributed by atoms with Gasteiger partial charge in [0.05, 0.1) is 10.5 Å². The zero-order chi connectivity index (χ0) is 20.4. The third-order valence-electron chi connectivity index (χ3n) is 3.50. The Hall–Kier alpha value is -2.59. The number of nitrogens with one attached hydrogen (secondary N) is 1. The highest BCUT2D eigenvalue weighted by Crippen LogP contribution is 2.30. The van der Waals surface area contributed by atoms with Crippen molar-refractivity contribution in [3.8, 4) is 11.6 Å². The first-order valence-electron chi connectivity index (χ1n) is 7.73. The van der Waals surface area contributed by atoms with Crippen molar-refractivity contribution in [1.82, 2.24) is 4.98 Å². The van der Waals surface area contributed by atoms with Crippen LogP contribution in [0, 0.1) is 0 Å². The van der Waals surface area contributed by atoms with Crippen molar-refractivity contribution in [2.45, 2.75) is 11.1 Å². The molecule has 0 aliphatic rings. The van der Waals surface area contributed by atoms with E-state index in [0.29, 0.717) is 16.4 Å². The molecule has 0 fully saturated rings. The molecule has 0 saturated heterocycles. The van der Waals surface area contributed by atoms with Gasteiger partial charge in [-0.2, -0.15) is 13.2 Å². The first kappa shape index (κ1) is 20.2. The minimum Gasteiger partial charge on any atom is -0.439 e. The molecule has 28 heavy (non-hydrogen) atoms. The van der Waals surface area contributed by atoms with Crippen LogP contribution in [0.15, 0.2) is 76.2 Å². The van der Waals surface area contributed by atoms with Crippen LogP contribution in [0.25, 0.3) is 0 Å². The van der Waals surface area contributed by atoms with Gasteiger partial charge in [0.25, 0.3) is 10.0 Å². The van der Waals surface area contributed by atoms with E-state index < -0.39 is 21.8 Å². The van der Waals surface area contributed by atoms with Gasteiger partial charge < -0.3 is 4.74 Å². The lowest BCUT2D eigenvalue weighted by molar-refractivity contribution is -0.137. The largest absolute Gasteiger partial charge is 0.439 e. The van der Waals surface area contributed by atoms with E-state index >= 15 is 0 Å². The molecule has 0 unspecified atom stereocenters. The molecular weight excluding hydrogens is 461 g/mol. The lowest BCUT2D eigenvalue weighted by Gasteiger charge is -2.10. The van der Waals surface area contributed by atoms with Gasteiger partial charge in [-0.25, -0.2) is 13.4 Å². The van der Waals surface area contributed by atoms with Gasteiger partial charge in [-0.3, -0.25) is 4.72 Å². The van der Waals surface area contributed by atoms with Crippen LogP contribution >= 0.6 is 15.9 Å². The van der Waals surface area contributed by atoms with E-state index in [-0.39, 0.29) is 16.5 Å². The zero-order valence-electron chi connectivity index (χ0n) is 13.9. The van der Waals surface area contributed by atoms with Crippen molar-refractivity contribution >= 4 is 31.6 Å². The predicted octanol–water partition coefficient (Wildman–Crippen LogP) is 5.46. The molecule has 0 radical (unpaired) electrons. The molecule has 0 saturated carbocycles. The summed E-state index contributed by atoms with van der Waals surface area (Å²) in [4.78, 5) is 3.71. The average Bonchev–Trinajstić information content (AvgIpc) is 2.63. The first-order valence-corrected chi connectivity index (χ1v) is 10.0. The lowest BCUT2D eigenvalue weighted by Crippen LogP contribution is -2.12. The first-order chi connectivity index (χ1) is 13.1. The molecule has 10 heteroatoms. The normalized spacial score (nSPS) is 11.9. The maximum Gasteiger partial charge on any atom is 0.417 e. The van der Waals surface area contributed by atoms with Crippen molar-refractivity contribution in [1.29, 1.82) is 0 Å². The zero-order valence-corrected chi connectivity index (χ0v) is 16.3. The second-order valence-electron chi connectivity index (χ2n) is 5.57. The summed E-state index contributed by atoms with van der Waals surface area (Å²) < 4.78 is 70.8. The maximum absolute atomic E-state index is 12.5. The molecule has 1 aromatic heterocycles. The Morgan fingerprint density at radius 2 is 1.71 bits per heavy atom. The average molecular weight is 473 g/mol. The number of rotatable bonds is 5. The molecule has 2 aromatic carbocycles. The molecule has 1 heterocycles. The van der Waals surface area contributed by atoms with Crippen molar-refractivity contribution < 1.29 is 26.3 Å². The summed E-state index contributed by atoms with van der Waals surface area (Å²) in [6, 6.07) is 14.1. The Morgan fingerprint density at radius 3 is 2.29 bits per heavy atom. The van der Waals surface area contributed by atoms with Gasteiger partial charge in [0.15, 0.2) is 0 Å². The van der Waals surface area contributed by atoms with Gasteiger partial charge in [-0.1, -0.05) is 22.0 Å². The van der Waals surface area contributed by atoms with E-state index in [1.807, 2.05) is 0 Å². The summed E-state index contributed by atoms with van der Waals surface area (Å²) in [6.07, 6.45) is -3.80. The van der Waals surface area contributed by atoms with E-state index in [9.17, 15) is 21.6 Å². The van der Waals surface area contributed by atoms with Gasteiger partial charge in [0, 0.05) is 22.4 Å². The van der Waals surface area contributed by atoms with Crippen molar-refractivity contribution in [2.75, 3.05) is 4.72 Å². The Kier molecular flexibility index (Phi) is 5.61. The molecule has 0 spiro atoms. The predicted molar refractivity (Wildman–Crippen MR) is 101 cm³/mol. The van der Waals surface area contributed by atoms with Crippen LogP contribution in [-0.4, -0.2) is 13.4 Å². The number of pyridine rings is 1. The van der Waals surface area contributed by atoms with Gasteiger partial charge in [0.1, 0.15) is 5.75 Å². The molecule has 0 atom stereocenters. The monoisotopic (exact) mass is 472 g/mol. The number of sulfonamides is 1. The topological polar surface area (TPSA) is 68.3 Å². The van der Waals surface area contributed by atoms with Crippen molar-refractivity contribution in [3.05, 3.63) is 76.9 Å². The summed E-state index contributed by atoms with van der Waals surface area (Å²) >= 11 is 3.22. The van der Waals surface area contributed by atoms with Gasteiger partial charge in [-0.15, -0.1) is 0 Å². The van der Waals surface area contributed by atoms with Gasteiger partial charge in [0.2, 0.25) is 5.88 Å². The smallest absolute Gasteiger partial charge is 0.417 e. The second kappa shape index (κ2) is 7.80. The summed E-state index contributed by atoms with van der Waals surface area (Å²) in [5.74, 6) is 0.271. The van der Waals surface area contributed by atoms with E-state index in [1.165, 1.54) is 36.4 Å². The van der Waals surface area contributed by atoms with E-state index in [1.54, 1.807) is 12.1 Å². The standard InChI is InChI=1S/C18H12BrF3N2O3S/c19-13-2-1-3-16(10-13)28(25,26)24-14-5-7-15(8-6-14)27-17-9-4-12(11-23-17)18(20,21)22/h1-11,24H. The van der Waals surface area contributed by atoms with Crippen LogP contribution in [0.2, 0.25) is 0 Å². The second-order valence-corrected chi connectivity index (χ2v) is 8.17. The van der Waals surface area contributed by atoms with Crippen LogP contribution < -0.4 is 9.46 Å². The number of halogens is 4. The fourth-order valence-corrected chi connectivity index (χ4v) is 3.82. The quantitative estimate of drug-likeness (QED) is 0.535. The summed E-state index contributed by atoms with van der Waals surface area (Å²) in [5, 5.41) is 0. The summed E-state index contributed by atoms with van der Waals surface area (Å²) in [6.45, 7) is 0. The molecule has 0 amide bonds. The maximum atomic E-state index is 12.5. The molecule has 0 bridgehead atoms. The number of benzene rings is 2. The highest BCUT2D eigenvalue weighted by Gasteiger charge is 2.30. The van der Waals surface area contributed by atoms with Crippen LogP contribution in [-0.2, 0) is 16.2 Å². The van der Waals surface area contributed by atoms with Crippen molar-refractivity contribution in [3.63, 3.8) is 0 Å². The highest BCUT2D eigenvalue weighted by molar-refractivity contribution is 9.10. The number of nitrogens with zero attached hydrogens (tertiary/aromatic N) is 1. The fourth-order valence-electron chi connectivity index (χ4n) is 2.17. The molecule has 3 rings (SSSR count). The van der Waals surface area contributed by atoms with Crippen molar-refractivity contribution in [2.24, 2.45) is 0 Å². The molecule has 146 valence electrons. The molecule has 5 nitrogen and oxygen atoms in total. The number of aromatic nitrogens is 1. The Balaban J connectivity index is 1.70. The SMILES string of the molecule is O=S(=O)(Nc1ccc(Oc2ccc(C(F)(F)F)cn2)cc1)c1cccc(Br)c1. The molecule has 0 aliphatic heterocycles. The summed E-state index contributed by atoms with van der Waals surface area (Å²) in [7, 11) is -3.77. The lowest BCUT2D eigenvalue weighted by atomic mass is 10.3. The number of alkyl halides is 3. The number of hydrogen-bond donors (Lipinski definition) is 1. The fraction of sp³-hybridized carbons (Fsp3) is 0.0556. The minimum atomic E-state index is -4.47. The summed E-state index contributed by atoms with van der Waals surface area (Å²) in [5.41, 5.74) is -0.579. The van der Waals surface area contributed by atoms with Crippen LogP contribution in [0.5, 0.6) is 11.6 Å². The van der Waals surface area contributed by atoms with Gasteiger partial charge in [-0.05, 0) is 48.5 Å². The Labute approximate surface area is 167 Å². The molecular formula is C18H12BrF3N2O3S. The van der Waals surface area contributed by atoms with E-state index in [0.717, 1.165) is 12.1 Å². The van der Waals surface area contributed by atoms with Crippen LogP contribution in [0.1, 0.15) is 5.56 Å².